The van der Waals surface area contributed by atoms with Crippen molar-refractivity contribution in [1.29, 1.82) is 0 Å². The second-order valence-electron chi connectivity index (χ2n) is 9.03. The van der Waals surface area contributed by atoms with E-state index >= 15 is 0 Å². The summed E-state index contributed by atoms with van der Waals surface area (Å²) in [5.41, 5.74) is 2.98. The van der Waals surface area contributed by atoms with Crippen LogP contribution in [0.15, 0.2) is 48.5 Å². The van der Waals surface area contributed by atoms with Gasteiger partial charge in [0.25, 0.3) is 11.8 Å². The Morgan fingerprint density at radius 3 is 2.42 bits per heavy atom. The number of carbonyl (C=O) groups excluding carboxylic acids is 2. The molecule has 1 N–H and O–H groups in total. The van der Waals surface area contributed by atoms with Gasteiger partial charge in [0.2, 0.25) is 0 Å². The van der Waals surface area contributed by atoms with Gasteiger partial charge >= 0.3 is 0 Å². The van der Waals surface area contributed by atoms with Crippen LogP contribution in [0.25, 0.3) is 0 Å². The molecule has 2 aliphatic rings. The first-order valence-corrected chi connectivity index (χ1v) is 11.6. The quantitative estimate of drug-likeness (QED) is 0.758. The highest BCUT2D eigenvalue weighted by Crippen LogP contribution is 2.22. The molecular formula is C26H33N3O2. The Morgan fingerprint density at radius 1 is 0.935 bits per heavy atom. The summed E-state index contributed by atoms with van der Waals surface area (Å²) in [6.45, 7) is 7.11. The molecule has 2 aromatic carbocycles. The average Bonchev–Trinajstić information content (AvgIpc) is 2.80. The molecule has 1 unspecified atom stereocenters. The van der Waals surface area contributed by atoms with E-state index in [4.69, 9.17) is 0 Å². The monoisotopic (exact) mass is 419 g/mol. The van der Waals surface area contributed by atoms with Gasteiger partial charge in [0.05, 0.1) is 11.3 Å². The number of carbonyl (C=O) groups is 2. The Kier molecular flexibility index (Phi) is 7.03. The minimum absolute atomic E-state index is 0.00158. The molecule has 4 rings (SSSR count). The highest BCUT2D eigenvalue weighted by atomic mass is 16.2. The van der Waals surface area contributed by atoms with E-state index < -0.39 is 0 Å². The van der Waals surface area contributed by atoms with Gasteiger partial charge in [-0.1, -0.05) is 31.2 Å². The minimum Gasteiger partial charge on any atom is -0.339 e. The zero-order valence-electron chi connectivity index (χ0n) is 18.5. The van der Waals surface area contributed by atoms with E-state index in [1.54, 1.807) is 12.1 Å². The van der Waals surface area contributed by atoms with E-state index in [0.29, 0.717) is 16.8 Å². The molecule has 2 aromatic rings. The van der Waals surface area contributed by atoms with Crippen molar-refractivity contribution >= 4 is 17.5 Å². The maximum absolute atomic E-state index is 13.0. The maximum atomic E-state index is 13.0. The number of hydrogen-bond acceptors (Lipinski definition) is 3. The van der Waals surface area contributed by atoms with Crippen molar-refractivity contribution in [3.63, 3.8) is 0 Å². The van der Waals surface area contributed by atoms with Crippen LogP contribution in [0, 0.1) is 5.92 Å². The number of hydrogen-bond donors (Lipinski definition) is 1. The van der Waals surface area contributed by atoms with Crippen LogP contribution in [-0.4, -0.2) is 47.8 Å². The molecule has 1 atom stereocenters. The van der Waals surface area contributed by atoms with Crippen LogP contribution in [0.1, 0.15) is 65.3 Å². The topological polar surface area (TPSA) is 52.7 Å². The van der Waals surface area contributed by atoms with Gasteiger partial charge in [0.15, 0.2) is 0 Å². The second-order valence-corrected chi connectivity index (χ2v) is 9.03. The highest BCUT2D eigenvalue weighted by Gasteiger charge is 2.21. The van der Waals surface area contributed by atoms with Crippen molar-refractivity contribution in [1.82, 2.24) is 9.80 Å². The normalized spacial score (nSPS) is 19.8. The van der Waals surface area contributed by atoms with E-state index in [0.717, 1.165) is 51.5 Å². The number of likely N-dealkylation sites (tertiary alicyclic amines) is 2. The van der Waals surface area contributed by atoms with Crippen molar-refractivity contribution in [2.75, 3.05) is 31.5 Å². The maximum Gasteiger partial charge on any atom is 0.255 e. The summed E-state index contributed by atoms with van der Waals surface area (Å²) in [6, 6.07) is 15.2. The number of nitrogens with zero attached hydrogens (tertiary/aromatic N) is 2. The fraction of sp³-hybridized carbons (Fsp3) is 0.462. The molecule has 0 aromatic heterocycles. The summed E-state index contributed by atoms with van der Waals surface area (Å²) in [7, 11) is 0. The average molecular weight is 420 g/mol. The lowest BCUT2D eigenvalue weighted by Crippen LogP contribution is -2.36. The molecule has 2 amide bonds. The lowest BCUT2D eigenvalue weighted by Gasteiger charge is -2.30. The van der Waals surface area contributed by atoms with Crippen LogP contribution < -0.4 is 5.32 Å². The summed E-state index contributed by atoms with van der Waals surface area (Å²) in [5, 5.41) is 2.96. The van der Waals surface area contributed by atoms with Gasteiger partial charge in [0.1, 0.15) is 0 Å². The van der Waals surface area contributed by atoms with Gasteiger partial charge in [0, 0.05) is 31.7 Å². The number of amides is 2. The molecule has 2 heterocycles. The molecule has 0 radical (unpaired) electrons. The molecule has 0 aliphatic carbocycles. The first kappa shape index (κ1) is 21.6. The summed E-state index contributed by atoms with van der Waals surface area (Å²) < 4.78 is 0. The molecular weight excluding hydrogens is 386 g/mol. The van der Waals surface area contributed by atoms with Gasteiger partial charge in [-0.25, -0.2) is 0 Å². The van der Waals surface area contributed by atoms with Gasteiger partial charge < -0.3 is 10.2 Å². The van der Waals surface area contributed by atoms with E-state index in [-0.39, 0.29) is 11.8 Å². The van der Waals surface area contributed by atoms with Gasteiger partial charge in [-0.3, -0.25) is 14.5 Å². The second kappa shape index (κ2) is 10.1. The number of anilines is 1. The third-order valence-corrected chi connectivity index (χ3v) is 6.41. The molecule has 0 bridgehead atoms. The Bertz CT molecular complexity index is 903. The highest BCUT2D eigenvalue weighted by molar-refractivity contribution is 6.09. The van der Waals surface area contributed by atoms with Crippen molar-refractivity contribution in [3.8, 4) is 0 Å². The van der Waals surface area contributed by atoms with Crippen LogP contribution in [0.5, 0.6) is 0 Å². The van der Waals surface area contributed by atoms with Crippen LogP contribution in [-0.2, 0) is 6.54 Å². The van der Waals surface area contributed by atoms with Crippen molar-refractivity contribution in [2.45, 2.75) is 45.6 Å². The molecule has 2 aliphatic heterocycles. The van der Waals surface area contributed by atoms with E-state index in [1.165, 1.54) is 24.8 Å². The SMILES string of the molecule is CC1CCCN(Cc2ccc(C(=O)Nc3ccccc3C(=O)N3CCCCC3)cc2)C1. The number of piperidine rings is 2. The molecule has 31 heavy (non-hydrogen) atoms. The Morgan fingerprint density at radius 2 is 1.68 bits per heavy atom. The number of benzene rings is 2. The summed E-state index contributed by atoms with van der Waals surface area (Å²) >= 11 is 0. The van der Waals surface area contributed by atoms with E-state index in [9.17, 15) is 9.59 Å². The molecule has 0 spiro atoms. The largest absolute Gasteiger partial charge is 0.339 e. The van der Waals surface area contributed by atoms with Crippen LogP contribution >= 0.6 is 0 Å². The smallest absolute Gasteiger partial charge is 0.255 e. The Labute approximate surface area is 185 Å². The van der Waals surface area contributed by atoms with Crippen LogP contribution in [0.4, 0.5) is 5.69 Å². The zero-order valence-corrected chi connectivity index (χ0v) is 18.5. The fourth-order valence-electron chi connectivity index (χ4n) is 4.69. The van der Waals surface area contributed by atoms with E-state index in [1.807, 2.05) is 41.3 Å². The summed E-state index contributed by atoms with van der Waals surface area (Å²) in [4.78, 5) is 30.2. The predicted molar refractivity (Wildman–Crippen MR) is 124 cm³/mol. The molecule has 0 saturated carbocycles. The zero-order chi connectivity index (χ0) is 21.6. The van der Waals surface area contributed by atoms with Crippen molar-refractivity contribution in [2.24, 2.45) is 5.92 Å². The minimum atomic E-state index is -0.183. The third kappa shape index (κ3) is 5.53. The van der Waals surface area contributed by atoms with E-state index in [2.05, 4.69) is 17.1 Å². The van der Waals surface area contributed by atoms with Crippen molar-refractivity contribution < 1.29 is 9.59 Å². The molecule has 5 heteroatoms. The lowest BCUT2D eigenvalue weighted by atomic mass is 9.99. The van der Waals surface area contributed by atoms with Gasteiger partial charge in [-0.2, -0.15) is 0 Å². The van der Waals surface area contributed by atoms with Crippen LogP contribution in [0.2, 0.25) is 0 Å². The fourth-order valence-corrected chi connectivity index (χ4v) is 4.69. The number of nitrogens with one attached hydrogen (secondary N) is 1. The Balaban J connectivity index is 1.41. The van der Waals surface area contributed by atoms with Gasteiger partial charge in [-0.05, 0) is 74.4 Å². The summed E-state index contributed by atoms with van der Waals surface area (Å²) in [6.07, 6.45) is 5.84. The standard InChI is InChI=1S/C26H33N3O2/c1-20-8-7-15-28(18-20)19-21-11-13-22(14-12-21)25(30)27-24-10-4-3-9-23(24)26(31)29-16-5-2-6-17-29/h3-4,9-14,20H,2,5-8,15-19H2,1H3,(H,27,30). The predicted octanol–water partition coefficient (Wildman–Crippen LogP) is 4.80. The Hall–Kier alpha value is -2.66. The number of para-hydroxylation sites is 1. The lowest BCUT2D eigenvalue weighted by molar-refractivity contribution is 0.0725. The first-order chi connectivity index (χ1) is 15.1. The summed E-state index contributed by atoms with van der Waals surface area (Å²) in [5.74, 6) is 0.574. The molecule has 164 valence electrons. The number of rotatable bonds is 5. The first-order valence-electron chi connectivity index (χ1n) is 11.6. The molecule has 2 saturated heterocycles. The van der Waals surface area contributed by atoms with Crippen molar-refractivity contribution in [3.05, 3.63) is 65.2 Å². The van der Waals surface area contributed by atoms with Crippen LogP contribution in [0.3, 0.4) is 0 Å². The van der Waals surface area contributed by atoms with Gasteiger partial charge in [-0.15, -0.1) is 0 Å². The third-order valence-electron chi connectivity index (χ3n) is 6.41. The molecule has 5 nitrogen and oxygen atoms in total. The molecule has 2 fully saturated rings.